The normalized spacial score (nSPS) is 11.7. The molecule has 0 saturated heterocycles. The molecule has 1 aromatic carbocycles. The van der Waals surface area contributed by atoms with Crippen molar-refractivity contribution in [3.63, 3.8) is 0 Å². The van der Waals surface area contributed by atoms with Crippen molar-refractivity contribution in [1.29, 1.82) is 0 Å². The Morgan fingerprint density at radius 1 is 1.08 bits per heavy atom. The SMILES string of the molecule is CC(=O)c1ccc(C(=O)NC(CCC(=O)O)Cc2ccccc2)s1. The predicted molar refractivity (Wildman–Crippen MR) is 92.6 cm³/mol. The van der Waals surface area contributed by atoms with Crippen molar-refractivity contribution in [3.05, 3.63) is 57.8 Å². The summed E-state index contributed by atoms with van der Waals surface area (Å²) in [5.41, 5.74) is 1.03. The lowest BCUT2D eigenvalue weighted by Gasteiger charge is -2.18. The molecule has 5 nitrogen and oxygen atoms in total. The highest BCUT2D eigenvalue weighted by molar-refractivity contribution is 7.15. The summed E-state index contributed by atoms with van der Waals surface area (Å²) >= 11 is 1.14. The van der Waals surface area contributed by atoms with Gasteiger partial charge in [0.1, 0.15) is 0 Å². The first-order valence-electron chi connectivity index (χ1n) is 7.63. The Balaban J connectivity index is 2.06. The van der Waals surface area contributed by atoms with Crippen LogP contribution < -0.4 is 5.32 Å². The Bertz CT molecular complexity index is 724. The van der Waals surface area contributed by atoms with Gasteiger partial charge in [-0.25, -0.2) is 0 Å². The number of carboxylic acid groups (broad SMARTS) is 1. The lowest BCUT2D eigenvalue weighted by atomic mass is 10.0. The number of hydrogen-bond acceptors (Lipinski definition) is 4. The van der Waals surface area contributed by atoms with Crippen molar-refractivity contribution < 1.29 is 19.5 Å². The molecule has 2 rings (SSSR count). The highest BCUT2D eigenvalue weighted by atomic mass is 32.1. The number of aliphatic carboxylic acids is 1. The standard InChI is InChI=1S/C18H19NO4S/c1-12(20)15-8-9-16(24-15)18(23)19-14(7-10-17(21)22)11-13-5-3-2-4-6-13/h2-6,8-9,14H,7,10-11H2,1H3,(H,19,23)(H,21,22). The largest absolute Gasteiger partial charge is 0.481 e. The number of rotatable bonds is 8. The third-order valence-corrected chi connectivity index (χ3v) is 4.73. The van der Waals surface area contributed by atoms with Crippen LogP contribution >= 0.6 is 11.3 Å². The second-order valence-corrected chi connectivity index (χ2v) is 6.60. The van der Waals surface area contributed by atoms with Gasteiger partial charge in [-0.1, -0.05) is 30.3 Å². The number of carbonyl (C=O) groups excluding carboxylic acids is 2. The molecule has 0 saturated carbocycles. The summed E-state index contributed by atoms with van der Waals surface area (Å²) < 4.78 is 0. The molecule has 1 aromatic heterocycles. The number of hydrogen-bond donors (Lipinski definition) is 2. The third-order valence-electron chi connectivity index (χ3n) is 3.54. The lowest BCUT2D eigenvalue weighted by molar-refractivity contribution is -0.137. The molecule has 0 aliphatic rings. The molecule has 0 fully saturated rings. The summed E-state index contributed by atoms with van der Waals surface area (Å²) in [6.45, 7) is 1.46. The molecule has 24 heavy (non-hydrogen) atoms. The molecule has 0 aliphatic heterocycles. The number of Topliss-reactive ketones (excluding diaryl/α,β-unsaturated/α-hetero) is 1. The van der Waals surface area contributed by atoms with Crippen molar-refractivity contribution in [2.24, 2.45) is 0 Å². The van der Waals surface area contributed by atoms with E-state index in [4.69, 9.17) is 5.11 Å². The van der Waals surface area contributed by atoms with Crippen LogP contribution in [0.4, 0.5) is 0 Å². The molecule has 0 spiro atoms. The topological polar surface area (TPSA) is 83.5 Å². The second-order valence-electron chi connectivity index (χ2n) is 5.51. The van der Waals surface area contributed by atoms with Crippen LogP contribution in [0.15, 0.2) is 42.5 Å². The molecule has 1 unspecified atom stereocenters. The molecule has 2 aromatic rings. The zero-order valence-corrected chi connectivity index (χ0v) is 14.1. The van der Waals surface area contributed by atoms with Crippen molar-refractivity contribution in [2.45, 2.75) is 32.2 Å². The number of carboxylic acids is 1. The smallest absolute Gasteiger partial charge is 0.303 e. The maximum absolute atomic E-state index is 12.4. The van der Waals surface area contributed by atoms with Crippen molar-refractivity contribution in [1.82, 2.24) is 5.32 Å². The molecule has 0 radical (unpaired) electrons. The fraction of sp³-hybridized carbons (Fsp3) is 0.278. The number of nitrogens with one attached hydrogen (secondary N) is 1. The fourth-order valence-corrected chi connectivity index (χ4v) is 3.13. The fourth-order valence-electron chi connectivity index (χ4n) is 2.33. The van der Waals surface area contributed by atoms with E-state index in [1.54, 1.807) is 12.1 Å². The van der Waals surface area contributed by atoms with Crippen LogP contribution in [0.1, 0.15) is 44.7 Å². The van der Waals surface area contributed by atoms with E-state index in [-0.39, 0.29) is 24.2 Å². The molecule has 126 valence electrons. The van der Waals surface area contributed by atoms with E-state index in [0.717, 1.165) is 16.9 Å². The van der Waals surface area contributed by atoms with Crippen LogP contribution in [0.25, 0.3) is 0 Å². The molecular formula is C18H19NO4S. The molecule has 0 bridgehead atoms. The van der Waals surface area contributed by atoms with Crippen LogP contribution in [0, 0.1) is 0 Å². The van der Waals surface area contributed by atoms with Gasteiger partial charge in [-0.05, 0) is 37.5 Å². The lowest BCUT2D eigenvalue weighted by Crippen LogP contribution is -2.36. The van der Waals surface area contributed by atoms with Crippen LogP contribution in [0.2, 0.25) is 0 Å². The first-order valence-corrected chi connectivity index (χ1v) is 8.44. The Kier molecular flexibility index (Phi) is 6.26. The van der Waals surface area contributed by atoms with Gasteiger partial charge in [0.25, 0.3) is 5.91 Å². The average Bonchev–Trinajstić information content (AvgIpc) is 3.04. The van der Waals surface area contributed by atoms with Gasteiger partial charge in [0.2, 0.25) is 0 Å². The summed E-state index contributed by atoms with van der Waals surface area (Å²) in [5, 5.41) is 11.8. The molecule has 2 N–H and O–H groups in total. The Morgan fingerprint density at radius 2 is 1.75 bits per heavy atom. The Labute approximate surface area is 144 Å². The molecule has 0 aliphatic carbocycles. The first kappa shape index (κ1) is 17.9. The molecular weight excluding hydrogens is 326 g/mol. The van der Waals surface area contributed by atoms with Crippen molar-refractivity contribution >= 4 is 29.0 Å². The van der Waals surface area contributed by atoms with Gasteiger partial charge < -0.3 is 10.4 Å². The summed E-state index contributed by atoms with van der Waals surface area (Å²) in [6.07, 6.45) is 0.895. The minimum atomic E-state index is -0.891. The van der Waals surface area contributed by atoms with E-state index in [1.807, 2.05) is 30.3 Å². The highest BCUT2D eigenvalue weighted by Gasteiger charge is 2.18. The monoisotopic (exact) mass is 345 g/mol. The zero-order chi connectivity index (χ0) is 17.5. The van der Waals surface area contributed by atoms with Crippen molar-refractivity contribution in [3.8, 4) is 0 Å². The molecule has 1 atom stereocenters. The van der Waals surface area contributed by atoms with Crippen LogP contribution in [0.5, 0.6) is 0 Å². The quantitative estimate of drug-likeness (QED) is 0.720. The van der Waals surface area contributed by atoms with E-state index in [9.17, 15) is 14.4 Å². The third kappa shape index (κ3) is 5.31. The maximum Gasteiger partial charge on any atom is 0.303 e. The number of benzene rings is 1. The minimum Gasteiger partial charge on any atom is -0.481 e. The number of ketones is 1. The van der Waals surface area contributed by atoms with E-state index in [1.165, 1.54) is 6.92 Å². The summed E-state index contributed by atoms with van der Waals surface area (Å²) in [4.78, 5) is 35.5. The van der Waals surface area contributed by atoms with Crippen LogP contribution in [-0.4, -0.2) is 28.8 Å². The minimum absolute atomic E-state index is 0.0130. The van der Waals surface area contributed by atoms with Gasteiger partial charge in [-0.2, -0.15) is 0 Å². The van der Waals surface area contributed by atoms with E-state index in [2.05, 4.69) is 5.32 Å². The summed E-state index contributed by atoms with van der Waals surface area (Å²) in [7, 11) is 0. The van der Waals surface area contributed by atoms with Gasteiger partial charge >= 0.3 is 5.97 Å². The van der Waals surface area contributed by atoms with Gasteiger partial charge in [0.15, 0.2) is 5.78 Å². The van der Waals surface area contributed by atoms with Gasteiger partial charge in [-0.15, -0.1) is 11.3 Å². The zero-order valence-electron chi connectivity index (χ0n) is 13.3. The van der Waals surface area contributed by atoms with Gasteiger partial charge in [0, 0.05) is 12.5 Å². The average molecular weight is 345 g/mol. The molecule has 1 heterocycles. The van der Waals surface area contributed by atoms with Crippen LogP contribution in [-0.2, 0) is 11.2 Å². The Morgan fingerprint density at radius 3 is 2.33 bits per heavy atom. The summed E-state index contributed by atoms with van der Waals surface area (Å²) in [6, 6.07) is 12.6. The van der Waals surface area contributed by atoms with E-state index < -0.39 is 5.97 Å². The van der Waals surface area contributed by atoms with Gasteiger partial charge in [-0.3, -0.25) is 14.4 Å². The van der Waals surface area contributed by atoms with Crippen LogP contribution in [0.3, 0.4) is 0 Å². The van der Waals surface area contributed by atoms with E-state index >= 15 is 0 Å². The number of amides is 1. The van der Waals surface area contributed by atoms with Gasteiger partial charge in [0.05, 0.1) is 9.75 Å². The number of carbonyl (C=O) groups is 3. The Hall–Kier alpha value is -2.47. The van der Waals surface area contributed by atoms with E-state index in [0.29, 0.717) is 22.6 Å². The molecule has 1 amide bonds. The van der Waals surface area contributed by atoms with Crippen molar-refractivity contribution in [2.75, 3.05) is 0 Å². The number of thiophene rings is 1. The maximum atomic E-state index is 12.4. The summed E-state index contributed by atoms with van der Waals surface area (Å²) in [5.74, 6) is -1.25. The predicted octanol–water partition coefficient (Wildman–Crippen LogP) is 3.16. The second kappa shape index (κ2) is 8.40. The highest BCUT2D eigenvalue weighted by Crippen LogP contribution is 2.18. The molecule has 6 heteroatoms. The first-order chi connectivity index (χ1) is 11.5.